The lowest BCUT2D eigenvalue weighted by molar-refractivity contribution is -0.158. The number of carboxylic acids is 1. The predicted molar refractivity (Wildman–Crippen MR) is 107 cm³/mol. The molecule has 0 aromatic heterocycles. The molecule has 0 bridgehead atoms. The van der Waals surface area contributed by atoms with Crippen molar-refractivity contribution < 1.29 is 38.9 Å². The van der Waals surface area contributed by atoms with Crippen LogP contribution in [0.15, 0.2) is 60.3 Å². The van der Waals surface area contributed by atoms with Gasteiger partial charge in [-0.1, -0.05) is 18.7 Å². The number of aliphatic hydroxyl groups is 1. The van der Waals surface area contributed by atoms with E-state index < -0.39 is 35.9 Å². The molecule has 2 rings (SSSR count). The Labute approximate surface area is 175 Å². The minimum atomic E-state index is -2.11. The summed E-state index contributed by atoms with van der Waals surface area (Å²) < 4.78 is 9.90. The van der Waals surface area contributed by atoms with Gasteiger partial charge in [-0.3, -0.25) is 4.79 Å². The van der Waals surface area contributed by atoms with Gasteiger partial charge in [0.05, 0.1) is 11.1 Å². The largest absolute Gasteiger partial charge is 0.508 e. The molecule has 2 aromatic rings. The molecular formula is C21H17NO9. The van der Waals surface area contributed by atoms with Crippen LogP contribution in [0.3, 0.4) is 0 Å². The van der Waals surface area contributed by atoms with E-state index in [1.165, 1.54) is 48.5 Å². The van der Waals surface area contributed by atoms with E-state index >= 15 is 0 Å². The molecule has 2 atom stereocenters. The third kappa shape index (κ3) is 5.82. The lowest BCUT2D eigenvalue weighted by atomic mass is 10.1. The SMILES string of the molecule is C=C(O)c1ccc(C(=O)O[C@@H](C(=O)O)[C@@H](OC(=O)c2ccc(N=O)cc2)C(C)=O)cc1. The zero-order valence-corrected chi connectivity index (χ0v) is 16.2. The van der Waals surface area contributed by atoms with Gasteiger partial charge in [-0.15, -0.1) is 4.91 Å². The topological polar surface area (TPSA) is 157 Å². The Morgan fingerprint density at radius 2 is 1.23 bits per heavy atom. The van der Waals surface area contributed by atoms with Gasteiger partial charge in [0.2, 0.25) is 12.2 Å². The third-order valence-corrected chi connectivity index (χ3v) is 4.05. The van der Waals surface area contributed by atoms with Gasteiger partial charge < -0.3 is 19.7 Å². The van der Waals surface area contributed by atoms with E-state index in [4.69, 9.17) is 9.47 Å². The first-order valence-electron chi connectivity index (χ1n) is 8.71. The highest BCUT2D eigenvalue weighted by atomic mass is 16.6. The van der Waals surface area contributed by atoms with Crippen molar-refractivity contribution in [3.8, 4) is 0 Å². The van der Waals surface area contributed by atoms with Gasteiger partial charge in [0.25, 0.3) is 0 Å². The first kappa shape index (κ1) is 22.9. The Hall–Kier alpha value is -4.34. The van der Waals surface area contributed by atoms with Crippen LogP contribution in [0.4, 0.5) is 5.69 Å². The van der Waals surface area contributed by atoms with Gasteiger partial charge in [0.1, 0.15) is 11.4 Å². The number of Topliss-reactive ketones (excluding diaryl/α,β-unsaturated/α-hetero) is 1. The van der Waals surface area contributed by atoms with Crippen LogP contribution in [0.5, 0.6) is 0 Å². The Balaban J connectivity index is 2.21. The number of ketones is 1. The highest BCUT2D eigenvalue weighted by Gasteiger charge is 2.38. The molecule has 2 N–H and O–H groups in total. The maximum Gasteiger partial charge on any atom is 0.349 e. The van der Waals surface area contributed by atoms with Gasteiger partial charge in [-0.2, -0.15) is 0 Å². The quantitative estimate of drug-likeness (QED) is 0.349. The number of benzene rings is 2. The molecule has 0 radical (unpaired) electrons. The van der Waals surface area contributed by atoms with Crippen molar-refractivity contribution in [2.75, 3.05) is 0 Å². The van der Waals surface area contributed by atoms with Gasteiger partial charge >= 0.3 is 17.9 Å². The molecule has 10 heteroatoms. The van der Waals surface area contributed by atoms with Crippen LogP contribution in [0.2, 0.25) is 0 Å². The molecule has 0 aliphatic rings. The number of hydrogen-bond donors (Lipinski definition) is 2. The van der Waals surface area contributed by atoms with E-state index in [1.807, 2.05) is 0 Å². The van der Waals surface area contributed by atoms with Gasteiger partial charge in [0.15, 0.2) is 5.78 Å². The number of aliphatic hydroxyl groups excluding tert-OH is 1. The van der Waals surface area contributed by atoms with Crippen molar-refractivity contribution in [1.29, 1.82) is 0 Å². The summed E-state index contributed by atoms with van der Waals surface area (Å²) >= 11 is 0. The minimum absolute atomic E-state index is 0.0489. The monoisotopic (exact) mass is 427 g/mol. The molecule has 31 heavy (non-hydrogen) atoms. The average Bonchev–Trinajstić information content (AvgIpc) is 2.75. The summed E-state index contributed by atoms with van der Waals surface area (Å²) in [5.41, 5.74) is 0.237. The average molecular weight is 427 g/mol. The van der Waals surface area contributed by atoms with Crippen molar-refractivity contribution in [2.24, 2.45) is 5.18 Å². The number of rotatable bonds is 9. The summed E-state index contributed by atoms with van der Waals surface area (Å²) in [5.74, 6) is -4.96. The van der Waals surface area contributed by atoms with E-state index in [2.05, 4.69) is 11.8 Å². The number of aliphatic carboxylic acids is 1. The molecule has 0 aliphatic carbocycles. The smallest absolute Gasteiger partial charge is 0.349 e. The highest BCUT2D eigenvalue weighted by molar-refractivity contribution is 5.96. The second kappa shape index (κ2) is 9.92. The Kier molecular flexibility index (Phi) is 7.34. The summed E-state index contributed by atoms with van der Waals surface area (Å²) in [6, 6.07) is 10.1. The molecule has 0 spiro atoms. The number of esters is 2. The summed E-state index contributed by atoms with van der Waals surface area (Å²) in [6.07, 6.45) is -4.04. The van der Waals surface area contributed by atoms with E-state index in [1.54, 1.807) is 0 Å². The minimum Gasteiger partial charge on any atom is -0.508 e. The molecular weight excluding hydrogens is 410 g/mol. The zero-order valence-electron chi connectivity index (χ0n) is 16.2. The number of nitrogens with zero attached hydrogens (tertiary/aromatic N) is 1. The van der Waals surface area contributed by atoms with Crippen LogP contribution >= 0.6 is 0 Å². The van der Waals surface area contributed by atoms with E-state index in [9.17, 15) is 34.3 Å². The fourth-order valence-corrected chi connectivity index (χ4v) is 2.42. The molecule has 0 aliphatic heterocycles. The fourth-order valence-electron chi connectivity index (χ4n) is 2.42. The zero-order chi connectivity index (χ0) is 23.1. The van der Waals surface area contributed by atoms with Crippen LogP contribution < -0.4 is 0 Å². The summed E-state index contributed by atoms with van der Waals surface area (Å²) in [6.45, 7) is 4.31. The second-order valence-corrected chi connectivity index (χ2v) is 6.26. The number of carbonyl (C=O) groups excluding carboxylic acids is 3. The van der Waals surface area contributed by atoms with Crippen LogP contribution in [-0.4, -0.2) is 46.1 Å². The van der Waals surface area contributed by atoms with E-state index in [0.29, 0.717) is 5.56 Å². The van der Waals surface area contributed by atoms with Crippen molar-refractivity contribution >= 4 is 35.1 Å². The summed E-state index contributed by atoms with van der Waals surface area (Å²) in [5, 5.41) is 21.4. The number of carboxylic acid groups (broad SMARTS) is 1. The van der Waals surface area contributed by atoms with Crippen LogP contribution in [0.25, 0.3) is 5.76 Å². The fraction of sp³-hybridized carbons (Fsp3) is 0.143. The van der Waals surface area contributed by atoms with E-state index in [-0.39, 0.29) is 22.6 Å². The number of ether oxygens (including phenoxy) is 2. The Bertz CT molecular complexity index is 1030. The molecule has 10 nitrogen and oxygen atoms in total. The highest BCUT2D eigenvalue weighted by Crippen LogP contribution is 2.17. The van der Waals surface area contributed by atoms with Crippen molar-refractivity contribution in [3.05, 3.63) is 76.7 Å². The third-order valence-electron chi connectivity index (χ3n) is 4.05. The van der Waals surface area contributed by atoms with Crippen molar-refractivity contribution in [3.63, 3.8) is 0 Å². The van der Waals surface area contributed by atoms with E-state index in [0.717, 1.165) is 6.92 Å². The molecule has 0 fully saturated rings. The maximum atomic E-state index is 12.3. The molecule has 0 amide bonds. The van der Waals surface area contributed by atoms with Crippen LogP contribution in [-0.2, 0) is 19.1 Å². The number of nitroso groups, excluding NO2 is 1. The lowest BCUT2D eigenvalue weighted by Crippen LogP contribution is -2.45. The van der Waals surface area contributed by atoms with Gasteiger partial charge in [0, 0.05) is 5.56 Å². The maximum absolute atomic E-state index is 12.3. The van der Waals surface area contributed by atoms with Gasteiger partial charge in [-0.05, 0) is 48.5 Å². The lowest BCUT2D eigenvalue weighted by Gasteiger charge is -2.22. The van der Waals surface area contributed by atoms with Crippen LogP contribution in [0.1, 0.15) is 33.2 Å². The molecule has 0 saturated carbocycles. The molecule has 160 valence electrons. The molecule has 0 unspecified atom stereocenters. The molecule has 2 aromatic carbocycles. The standard InChI is InChI=1S/C21H17NO9/c1-11(23)13-3-5-14(6-4-13)21(28)31-18(19(25)26)17(12(2)24)30-20(27)15-7-9-16(22-29)10-8-15/h3-10,17-18,23H,1H2,2H3,(H,25,26)/t17-,18+/m0/s1. The number of carbonyl (C=O) groups is 4. The Morgan fingerprint density at radius 3 is 1.61 bits per heavy atom. The normalized spacial score (nSPS) is 12.2. The second-order valence-electron chi connectivity index (χ2n) is 6.26. The number of hydrogen-bond acceptors (Lipinski definition) is 9. The summed E-state index contributed by atoms with van der Waals surface area (Å²) in [7, 11) is 0. The van der Waals surface area contributed by atoms with Gasteiger partial charge in [-0.25, -0.2) is 14.4 Å². The Morgan fingerprint density at radius 1 is 0.806 bits per heavy atom. The van der Waals surface area contributed by atoms with Crippen molar-refractivity contribution in [2.45, 2.75) is 19.1 Å². The summed E-state index contributed by atoms with van der Waals surface area (Å²) in [4.78, 5) is 58.7. The molecule has 0 heterocycles. The first-order chi connectivity index (χ1) is 14.6. The predicted octanol–water partition coefficient (Wildman–Crippen LogP) is 3.04. The van der Waals surface area contributed by atoms with Crippen LogP contribution in [0, 0.1) is 4.91 Å². The first-order valence-corrected chi connectivity index (χ1v) is 8.71. The van der Waals surface area contributed by atoms with Crippen molar-refractivity contribution in [1.82, 2.24) is 0 Å². The molecule has 0 saturated heterocycles.